The monoisotopic (exact) mass is 433 g/mol. The molecule has 2 aromatic carbocycles. The van der Waals surface area contributed by atoms with Gasteiger partial charge in [0.15, 0.2) is 11.5 Å². The number of carbonyl (C=O) groups excluding carboxylic acids is 1. The second-order valence-electron chi connectivity index (χ2n) is 6.59. The molecule has 0 aromatic heterocycles. The van der Waals surface area contributed by atoms with E-state index in [-0.39, 0.29) is 11.4 Å². The topological polar surface area (TPSA) is 47.6 Å². The lowest BCUT2D eigenvalue weighted by atomic mass is 9.72. The minimum absolute atomic E-state index is 0.0598. The maximum absolute atomic E-state index is 12.6. The van der Waals surface area contributed by atoms with Crippen molar-refractivity contribution in [2.75, 3.05) is 19.0 Å². The van der Waals surface area contributed by atoms with Crippen LogP contribution in [0, 0.1) is 0 Å². The van der Waals surface area contributed by atoms with Crippen molar-refractivity contribution in [1.29, 1.82) is 0 Å². The quantitative estimate of drug-likeness (QED) is 0.704. The molecule has 0 atom stereocenters. The van der Waals surface area contributed by atoms with Crippen LogP contribution in [0.1, 0.15) is 24.8 Å². The van der Waals surface area contributed by atoms with Crippen LogP contribution in [0.5, 0.6) is 11.5 Å². The third-order valence-corrected chi connectivity index (χ3v) is 6.33. The van der Waals surface area contributed by atoms with Crippen LogP contribution in [0.2, 0.25) is 0 Å². The first kappa shape index (κ1) is 17.7. The van der Waals surface area contributed by atoms with Gasteiger partial charge in [-0.3, -0.25) is 4.79 Å². The zero-order chi connectivity index (χ0) is 18.0. The molecule has 1 N–H and O–H groups in total. The molecule has 0 saturated heterocycles. The summed E-state index contributed by atoms with van der Waals surface area (Å²) in [7, 11) is 0. The van der Waals surface area contributed by atoms with Crippen LogP contribution in [0.4, 0.5) is 0 Å². The van der Waals surface area contributed by atoms with Crippen molar-refractivity contribution in [1.82, 2.24) is 5.32 Å². The van der Waals surface area contributed by atoms with E-state index in [4.69, 9.17) is 9.47 Å². The zero-order valence-corrected chi connectivity index (χ0v) is 16.7. The second kappa shape index (κ2) is 7.53. The summed E-state index contributed by atoms with van der Waals surface area (Å²) in [6.45, 7) is 1.15. The molecule has 1 fully saturated rings. The molecule has 1 amide bonds. The highest BCUT2D eigenvalue weighted by Gasteiger charge is 2.39. The summed E-state index contributed by atoms with van der Waals surface area (Å²) in [5.74, 6) is 1.97. The molecule has 1 aliphatic carbocycles. The van der Waals surface area contributed by atoms with Gasteiger partial charge in [-0.1, -0.05) is 28.1 Å². The number of thioether (sulfide) groups is 1. The summed E-state index contributed by atoms with van der Waals surface area (Å²) in [5.41, 5.74) is 0.963. The maximum Gasteiger partial charge on any atom is 0.231 e. The van der Waals surface area contributed by atoms with Gasteiger partial charge in [-0.25, -0.2) is 0 Å². The highest BCUT2D eigenvalue weighted by atomic mass is 79.9. The number of carbonyl (C=O) groups is 1. The van der Waals surface area contributed by atoms with Gasteiger partial charge in [-0.15, -0.1) is 11.8 Å². The molecule has 2 aromatic rings. The fourth-order valence-electron chi connectivity index (χ4n) is 3.37. The Morgan fingerprint density at radius 1 is 1.12 bits per heavy atom. The van der Waals surface area contributed by atoms with Crippen molar-refractivity contribution in [3.8, 4) is 11.5 Å². The molecular formula is C20H20BrNO3S. The Morgan fingerprint density at radius 2 is 1.92 bits per heavy atom. The van der Waals surface area contributed by atoms with Crippen LogP contribution in [-0.2, 0) is 10.3 Å². The number of benzene rings is 2. The van der Waals surface area contributed by atoms with Crippen LogP contribution >= 0.6 is 27.7 Å². The van der Waals surface area contributed by atoms with Crippen LogP contribution in [0.3, 0.4) is 0 Å². The molecule has 4 nitrogen and oxygen atoms in total. The summed E-state index contributed by atoms with van der Waals surface area (Å²) in [4.78, 5) is 13.6. The normalized spacial score (nSPS) is 17.3. The lowest BCUT2D eigenvalue weighted by Gasteiger charge is -2.43. The summed E-state index contributed by atoms with van der Waals surface area (Å²) in [6, 6.07) is 14.1. The van der Waals surface area contributed by atoms with Gasteiger partial charge in [0.1, 0.15) is 13.2 Å². The second-order valence-corrected chi connectivity index (χ2v) is 8.55. The minimum atomic E-state index is -0.214. The van der Waals surface area contributed by atoms with Crippen molar-refractivity contribution >= 4 is 33.6 Å². The largest absolute Gasteiger partial charge is 0.486 e. The van der Waals surface area contributed by atoms with E-state index in [0.717, 1.165) is 40.1 Å². The molecule has 0 radical (unpaired) electrons. The number of fused-ring (bicyclic) bond motifs is 1. The molecule has 4 rings (SSSR count). The highest BCUT2D eigenvalue weighted by molar-refractivity contribution is 9.10. The molecule has 26 heavy (non-hydrogen) atoms. The van der Waals surface area contributed by atoms with Crippen molar-refractivity contribution < 1.29 is 14.3 Å². The zero-order valence-electron chi connectivity index (χ0n) is 14.3. The van der Waals surface area contributed by atoms with E-state index in [2.05, 4.69) is 33.4 Å². The van der Waals surface area contributed by atoms with Crippen LogP contribution in [-0.4, -0.2) is 24.9 Å². The first-order valence-electron chi connectivity index (χ1n) is 8.74. The van der Waals surface area contributed by atoms with Crippen molar-refractivity contribution in [3.63, 3.8) is 0 Å². The van der Waals surface area contributed by atoms with Crippen LogP contribution in [0.25, 0.3) is 0 Å². The van der Waals surface area contributed by atoms with Crippen LogP contribution < -0.4 is 14.8 Å². The number of rotatable bonds is 5. The Kier molecular flexibility index (Phi) is 5.14. The van der Waals surface area contributed by atoms with E-state index in [1.807, 2.05) is 30.3 Å². The van der Waals surface area contributed by atoms with Gasteiger partial charge in [-0.05, 0) is 55.2 Å². The molecule has 0 bridgehead atoms. The highest BCUT2D eigenvalue weighted by Crippen LogP contribution is 2.42. The fraction of sp³-hybridized carbons (Fsp3) is 0.350. The molecule has 1 heterocycles. The molecule has 0 spiro atoms. The molecule has 1 saturated carbocycles. The lowest BCUT2D eigenvalue weighted by molar-refractivity contribution is -0.121. The first-order chi connectivity index (χ1) is 12.6. The standard InChI is InChI=1S/C20H20BrNO3S/c21-15-4-1-3-14(11-15)20(7-2-8-20)22-19(23)13-26-16-5-6-17-18(12-16)25-10-9-24-17/h1,3-6,11-12H,2,7-10,13H2,(H,22,23). The fourth-order valence-corrected chi connectivity index (χ4v) is 4.49. The van der Waals surface area contributed by atoms with Gasteiger partial charge in [-0.2, -0.15) is 0 Å². The van der Waals surface area contributed by atoms with Gasteiger partial charge in [0.2, 0.25) is 5.91 Å². The minimum Gasteiger partial charge on any atom is -0.486 e. The van der Waals surface area contributed by atoms with E-state index < -0.39 is 0 Å². The molecule has 6 heteroatoms. The molecule has 1 aliphatic heterocycles. The lowest BCUT2D eigenvalue weighted by Crippen LogP contribution is -2.51. The van der Waals surface area contributed by atoms with Gasteiger partial charge < -0.3 is 14.8 Å². The average Bonchev–Trinajstić information content (AvgIpc) is 2.63. The summed E-state index contributed by atoms with van der Waals surface area (Å²) < 4.78 is 12.2. The van der Waals surface area contributed by atoms with Crippen molar-refractivity contribution in [2.24, 2.45) is 0 Å². The van der Waals surface area contributed by atoms with E-state index in [1.54, 1.807) is 0 Å². The Hall–Kier alpha value is -1.66. The van der Waals surface area contributed by atoms with E-state index >= 15 is 0 Å². The van der Waals surface area contributed by atoms with E-state index in [0.29, 0.717) is 19.0 Å². The molecule has 136 valence electrons. The Balaban J connectivity index is 1.39. The third-order valence-electron chi connectivity index (χ3n) is 4.85. The number of hydrogen-bond donors (Lipinski definition) is 1. The number of halogens is 1. The Labute approximate surface area is 165 Å². The summed E-state index contributed by atoms with van der Waals surface area (Å²) in [6.07, 6.45) is 3.12. The van der Waals surface area contributed by atoms with E-state index in [9.17, 15) is 4.79 Å². The maximum atomic E-state index is 12.6. The number of ether oxygens (including phenoxy) is 2. The van der Waals surface area contributed by atoms with Crippen molar-refractivity contribution in [2.45, 2.75) is 29.7 Å². The molecule has 0 unspecified atom stereocenters. The van der Waals surface area contributed by atoms with Gasteiger partial charge in [0.25, 0.3) is 0 Å². The van der Waals surface area contributed by atoms with E-state index in [1.165, 1.54) is 17.3 Å². The van der Waals surface area contributed by atoms with Gasteiger partial charge in [0, 0.05) is 9.37 Å². The first-order valence-corrected chi connectivity index (χ1v) is 10.5. The van der Waals surface area contributed by atoms with Crippen LogP contribution in [0.15, 0.2) is 51.8 Å². The number of hydrogen-bond acceptors (Lipinski definition) is 4. The summed E-state index contributed by atoms with van der Waals surface area (Å²) in [5, 5.41) is 3.27. The predicted octanol–water partition coefficient (Wildman–Crippen LogP) is 4.51. The van der Waals surface area contributed by atoms with Crippen molar-refractivity contribution in [3.05, 3.63) is 52.5 Å². The molecular weight excluding hydrogens is 414 g/mol. The Bertz CT molecular complexity index is 822. The van der Waals surface area contributed by atoms with Gasteiger partial charge in [0.05, 0.1) is 11.3 Å². The SMILES string of the molecule is O=C(CSc1ccc2c(c1)OCCO2)NC1(c2cccc(Br)c2)CCC1. The number of amides is 1. The number of nitrogens with one attached hydrogen (secondary N) is 1. The predicted molar refractivity (Wildman–Crippen MR) is 106 cm³/mol. The van der Waals surface area contributed by atoms with Gasteiger partial charge >= 0.3 is 0 Å². The molecule has 2 aliphatic rings. The smallest absolute Gasteiger partial charge is 0.231 e. The Morgan fingerprint density at radius 3 is 2.65 bits per heavy atom. The summed E-state index contributed by atoms with van der Waals surface area (Å²) >= 11 is 5.04. The average molecular weight is 434 g/mol. The third kappa shape index (κ3) is 3.71.